The molecule has 3 heterocycles. The van der Waals surface area contributed by atoms with Crippen molar-refractivity contribution >= 4 is 23.5 Å². The molecule has 28 heavy (non-hydrogen) atoms. The molecule has 4 bridgehead atoms. The fourth-order valence-electron chi connectivity index (χ4n) is 3.54. The Morgan fingerprint density at radius 2 is 1.21 bits per heavy atom. The van der Waals surface area contributed by atoms with E-state index in [-0.39, 0.29) is 10.9 Å². The minimum Gasteiger partial charge on any atom is -0.496 e. The molecule has 3 aliphatic heterocycles. The third kappa shape index (κ3) is 3.08. The molecule has 8 heteroatoms. The Kier molecular flexibility index (Phi) is 4.96. The maximum atomic E-state index is 6.00. The average Bonchev–Trinajstić information content (AvgIpc) is 2.74. The summed E-state index contributed by atoms with van der Waals surface area (Å²) < 4.78 is 35.5. The minimum absolute atomic E-state index is 0.107. The zero-order valence-electron chi connectivity index (χ0n) is 15.6. The molecule has 2 unspecified atom stereocenters. The van der Waals surface area contributed by atoms with Gasteiger partial charge >= 0.3 is 0 Å². The van der Waals surface area contributed by atoms with Gasteiger partial charge in [0.2, 0.25) is 0 Å². The molecule has 6 nitrogen and oxygen atoms in total. The molecular formula is C20H20O6S2. The summed E-state index contributed by atoms with van der Waals surface area (Å²) in [5.41, 5.74) is 1.65. The predicted octanol–water partition coefficient (Wildman–Crippen LogP) is 4.04. The highest BCUT2D eigenvalue weighted by molar-refractivity contribution is 8.00. The van der Waals surface area contributed by atoms with Crippen LogP contribution in [-0.2, 0) is 9.47 Å². The Bertz CT molecular complexity index is 829. The van der Waals surface area contributed by atoms with E-state index >= 15 is 0 Å². The second-order valence-corrected chi connectivity index (χ2v) is 8.74. The van der Waals surface area contributed by atoms with Gasteiger partial charge in [-0.25, -0.2) is 0 Å². The molecule has 148 valence electrons. The van der Waals surface area contributed by atoms with Crippen molar-refractivity contribution in [1.82, 2.24) is 0 Å². The monoisotopic (exact) mass is 420 g/mol. The number of methoxy groups -OCH3 is 2. The Hall–Kier alpha value is -1.74. The van der Waals surface area contributed by atoms with E-state index in [9.17, 15) is 0 Å². The molecule has 0 saturated carbocycles. The van der Waals surface area contributed by atoms with Crippen LogP contribution in [0.4, 0.5) is 0 Å². The molecule has 0 N–H and O–H groups in total. The van der Waals surface area contributed by atoms with Crippen LogP contribution in [0.1, 0.15) is 0 Å². The van der Waals surface area contributed by atoms with Crippen LogP contribution in [0.25, 0.3) is 11.1 Å². The summed E-state index contributed by atoms with van der Waals surface area (Å²) >= 11 is 3.29. The molecule has 0 aromatic heterocycles. The number of hydrogen-bond donors (Lipinski definition) is 0. The summed E-state index contributed by atoms with van der Waals surface area (Å²) in [6, 6.07) is 7.76. The molecule has 0 saturated heterocycles. The maximum Gasteiger partial charge on any atom is 0.141 e. The number of benzene rings is 2. The van der Waals surface area contributed by atoms with Crippen molar-refractivity contribution in [2.24, 2.45) is 0 Å². The van der Waals surface area contributed by atoms with Gasteiger partial charge in [-0.2, -0.15) is 0 Å². The molecule has 0 fully saturated rings. The second kappa shape index (κ2) is 7.59. The van der Waals surface area contributed by atoms with Gasteiger partial charge in [-0.1, -0.05) is 23.5 Å². The van der Waals surface area contributed by atoms with E-state index in [1.165, 1.54) is 0 Å². The average molecular weight is 421 g/mol. The lowest BCUT2D eigenvalue weighted by molar-refractivity contribution is 0.00222. The van der Waals surface area contributed by atoms with Crippen LogP contribution in [0, 0.1) is 0 Å². The van der Waals surface area contributed by atoms with Crippen molar-refractivity contribution in [3.8, 4) is 34.1 Å². The van der Waals surface area contributed by atoms with E-state index in [2.05, 4.69) is 0 Å². The highest BCUT2D eigenvalue weighted by Gasteiger charge is 2.33. The molecule has 0 spiro atoms. The number of thioether (sulfide) groups is 2. The van der Waals surface area contributed by atoms with Gasteiger partial charge in [-0.3, -0.25) is 0 Å². The fourth-order valence-corrected chi connectivity index (χ4v) is 5.79. The fraction of sp³-hybridized carbons (Fsp3) is 0.400. The van der Waals surface area contributed by atoms with Gasteiger partial charge < -0.3 is 28.4 Å². The largest absolute Gasteiger partial charge is 0.496 e. The Morgan fingerprint density at radius 1 is 0.750 bits per heavy atom. The Balaban J connectivity index is 1.80. The minimum atomic E-state index is -0.107. The summed E-state index contributed by atoms with van der Waals surface area (Å²) in [5, 5.41) is 0. The predicted molar refractivity (Wildman–Crippen MR) is 107 cm³/mol. The van der Waals surface area contributed by atoms with Gasteiger partial charge in [-0.05, 0) is 24.3 Å². The topological polar surface area (TPSA) is 55.4 Å². The molecule has 3 aliphatic rings. The number of hydrogen-bond acceptors (Lipinski definition) is 8. The van der Waals surface area contributed by atoms with Crippen LogP contribution in [0.3, 0.4) is 0 Å². The molecule has 0 amide bonds. The maximum absolute atomic E-state index is 6.00. The zero-order valence-corrected chi connectivity index (χ0v) is 17.2. The van der Waals surface area contributed by atoms with Crippen LogP contribution in [0.15, 0.2) is 34.1 Å². The highest BCUT2D eigenvalue weighted by atomic mass is 32.2. The molecule has 0 aliphatic carbocycles. The van der Waals surface area contributed by atoms with Crippen molar-refractivity contribution in [2.45, 2.75) is 20.7 Å². The summed E-state index contributed by atoms with van der Waals surface area (Å²) in [6.45, 7) is 2.00. The first-order chi connectivity index (χ1) is 13.8. The summed E-state index contributed by atoms with van der Waals surface area (Å²) in [6.07, 6.45) is 0. The van der Waals surface area contributed by atoms with Gasteiger partial charge in [0.1, 0.15) is 47.1 Å². The van der Waals surface area contributed by atoms with Gasteiger partial charge in [0.05, 0.1) is 37.2 Å². The second-order valence-electron chi connectivity index (χ2n) is 6.40. The van der Waals surface area contributed by atoms with E-state index in [1.54, 1.807) is 37.7 Å². The Labute approximate surface area is 171 Å². The van der Waals surface area contributed by atoms with Crippen molar-refractivity contribution in [3.63, 3.8) is 0 Å². The third-order valence-corrected chi connectivity index (χ3v) is 7.15. The van der Waals surface area contributed by atoms with Crippen molar-refractivity contribution in [1.29, 1.82) is 0 Å². The van der Waals surface area contributed by atoms with Crippen LogP contribution in [0.2, 0.25) is 0 Å². The van der Waals surface area contributed by atoms with E-state index in [0.717, 1.165) is 43.9 Å². The molecule has 2 aromatic carbocycles. The Morgan fingerprint density at radius 3 is 1.64 bits per heavy atom. The molecular weight excluding hydrogens is 400 g/mol. The van der Waals surface area contributed by atoms with E-state index in [1.807, 2.05) is 24.3 Å². The summed E-state index contributed by atoms with van der Waals surface area (Å²) in [7, 11) is 3.35. The lowest BCUT2D eigenvalue weighted by Crippen LogP contribution is -2.28. The van der Waals surface area contributed by atoms with Crippen molar-refractivity contribution < 1.29 is 28.4 Å². The SMILES string of the molecule is COc1ccc2c3c1-c1c(OC)ccc4c1SC(CO4)OCCOC(CO2)S3. The third-order valence-electron chi connectivity index (χ3n) is 4.80. The number of fused-ring (bicyclic) bond motifs is 3. The van der Waals surface area contributed by atoms with E-state index in [4.69, 9.17) is 28.4 Å². The highest BCUT2D eigenvalue weighted by Crippen LogP contribution is 2.55. The normalized spacial score (nSPS) is 22.8. The van der Waals surface area contributed by atoms with Gasteiger partial charge in [0.25, 0.3) is 0 Å². The van der Waals surface area contributed by atoms with Crippen LogP contribution >= 0.6 is 23.5 Å². The smallest absolute Gasteiger partial charge is 0.141 e. The van der Waals surface area contributed by atoms with E-state index < -0.39 is 0 Å². The summed E-state index contributed by atoms with van der Waals surface area (Å²) in [4.78, 5) is 1.98. The van der Waals surface area contributed by atoms with Crippen LogP contribution in [0.5, 0.6) is 23.0 Å². The standard InChI is InChI=1S/C20H20O6S2/c1-21-11-3-5-13-19-17(11)18-12(22-2)4-6-14-20(18)28-16(10-26-14)24-8-7-23-15(27-19)9-25-13/h3-6,15-16H,7-10H2,1-2H3. The van der Waals surface area contributed by atoms with Gasteiger partial charge in [0, 0.05) is 11.1 Å². The first kappa shape index (κ1) is 18.3. The number of rotatable bonds is 2. The van der Waals surface area contributed by atoms with Crippen molar-refractivity contribution in [2.75, 3.05) is 40.6 Å². The molecule has 2 atom stereocenters. The zero-order chi connectivity index (χ0) is 19.1. The lowest BCUT2D eigenvalue weighted by atomic mass is 10.0. The van der Waals surface area contributed by atoms with Crippen molar-refractivity contribution in [3.05, 3.63) is 24.3 Å². The quantitative estimate of drug-likeness (QED) is 0.722. The first-order valence-corrected chi connectivity index (χ1v) is 10.8. The lowest BCUT2D eigenvalue weighted by Gasteiger charge is -2.32. The number of ether oxygens (including phenoxy) is 6. The molecule has 2 aromatic rings. The van der Waals surface area contributed by atoms with E-state index in [0.29, 0.717) is 26.4 Å². The van der Waals surface area contributed by atoms with Gasteiger partial charge in [-0.15, -0.1) is 0 Å². The van der Waals surface area contributed by atoms with Crippen LogP contribution < -0.4 is 18.9 Å². The summed E-state index contributed by atoms with van der Waals surface area (Å²) in [5.74, 6) is 3.16. The van der Waals surface area contributed by atoms with Crippen LogP contribution in [-0.4, -0.2) is 51.5 Å². The van der Waals surface area contributed by atoms with Gasteiger partial charge in [0.15, 0.2) is 0 Å². The molecule has 0 radical (unpaired) electrons. The molecule has 5 rings (SSSR count). The first-order valence-electron chi connectivity index (χ1n) is 9.03.